The van der Waals surface area contributed by atoms with E-state index in [-0.39, 0.29) is 29.9 Å². The van der Waals surface area contributed by atoms with Crippen molar-refractivity contribution < 1.29 is 13.6 Å². The van der Waals surface area contributed by atoms with Gasteiger partial charge >= 0.3 is 0 Å². The maximum Gasteiger partial charge on any atom is 0.222 e. The lowest BCUT2D eigenvalue weighted by molar-refractivity contribution is -0.130. The Morgan fingerprint density at radius 1 is 1.16 bits per heavy atom. The van der Waals surface area contributed by atoms with Crippen molar-refractivity contribution in [1.29, 1.82) is 0 Å². The molecule has 0 bridgehead atoms. The fraction of sp³-hybridized carbons (Fsp3) is 0.652. The van der Waals surface area contributed by atoms with E-state index in [4.69, 9.17) is 4.99 Å². The third-order valence-corrected chi connectivity index (χ3v) is 5.97. The van der Waals surface area contributed by atoms with Gasteiger partial charge in [0.2, 0.25) is 5.91 Å². The highest BCUT2D eigenvalue weighted by atomic mass is 127. The molecule has 2 saturated heterocycles. The minimum atomic E-state index is -0.814. The van der Waals surface area contributed by atoms with Crippen LogP contribution in [0.5, 0.6) is 0 Å². The Morgan fingerprint density at radius 2 is 2.00 bits per heavy atom. The van der Waals surface area contributed by atoms with Crippen molar-refractivity contribution >= 4 is 41.5 Å². The molecule has 2 aliphatic heterocycles. The van der Waals surface area contributed by atoms with Gasteiger partial charge in [-0.25, -0.2) is 8.78 Å². The van der Waals surface area contributed by atoms with Gasteiger partial charge in [0.25, 0.3) is 0 Å². The van der Waals surface area contributed by atoms with Crippen molar-refractivity contribution in [2.45, 2.75) is 45.4 Å². The summed E-state index contributed by atoms with van der Waals surface area (Å²) in [6.45, 7) is 7.53. The normalized spacial score (nSPS) is 19.5. The van der Waals surface area contributed by atoms with Crippen LogP contribution in [0, 0.1) is 17.6 Å². The first-order valence-corrected chi connectivity index (χ1v) is 11.6. The number of rotatable bonds is 8. The molecule has 3 rings (SSSR count). The van der Waals surface area contributed by atoms with E-state index in [1.165, 1.54) is 12.1 Å². The van der Waals surface area contributed by atoms with Gasteiger partial charge in [0.15, 0.2) is 17.6 Å². The molecular weight excluding hydrogens is 527 g/mol. The molecule has 0 radical (unpaired) electrons. The molecule has 0 spiro atoms. The van der Waals surface area contributed by atoms with Crippen LogP contribution in [0.1, 0.15) is 45.4 Å². The number of nitrogens with one attached hydrogen (secondary N) is 2. The van der Waals surface area contributed by atoms with E-state index in [2.05, 4.69) is 15.5 Å². The van der Waals surface area contributed by atoms with Crippen molar-refractivity contribution in [1.82, 2.24) is 15.5 Å². The summed E-state index contributed by atoms with van der Waals surface area (Å²) in [5, 5.41) is 6.64. The zero-order chi connectivity index (χ0) is 22.1. The van der Waals surface area contributed by atoms with Crippen LogP contribution >= 0.6 is 24.0 Å². The predicted octanol–water partition coefficient (Wildman–Crippen LogP) is 3.76. The number of amides is 1. The van der Waals surface area contributed by atoms with Crippen molar-refractivity contribution in [2.75, 3.05) is 50.7 Å². The van der Waals surface area contributed by atoms with Crippen LogP contribution in [0.3, 0.4) is 0 Å². The highest BCUT2D eigenvalue weighted by molar-refractivity contribution is 14.0. The van der Waals surface area contributed by atoms with Crippen molar-refractivity contribution in [3.05, 3.63) is 29.8 Å². The molecule has 1 amide bonds. The standard InChI is InChI=1S/C23H35F2N5O.HI/c1-2-26-23(27-11-6-13-29-12-5-3-4-7-22(29)31)28-16-18-10-14-30(17-18)19-8-9-20(24)21(25)15-19;/h8-9,15,18H,2-7,10-14,16-17H2,1H3,(H2,26,27,28);1H. The van der Waals surface area contributed by atoms with Gasteiger partial charge in [-0.3, -0.25) is 9.79 Å². The second-order valence-corrected chi connectivity index (χ2v) is 8.39. The second kappa shape index (κ2) is 13.8. The Balaban J connectivity index is 0.00000363. The average molecular weight is 563 g/mol. The number of carbonyl (C=O) groups excluding carboxylic acids is 1. The number of hydrogen-bond acceptors (Lipinski definition) is 3. The van der Waals surface area contributed by atoms with Crippen LogP contribution < -0.4 is 15.5 Å². The van der Waals surface area contributed by atoms with Crippen molar-refractivity contribution in [2.24, 2.45) is 10.9 Å². The Kier molecular flexibility index (Phi) is 11.5. The molecule has 2 aliphatic rings. The number of hydrogen-bond donors (Lipinski definition) is 2. The lowest BCUT2D eigenvalue weighted by Gasteiger charge is -2.21. The first-order valence-electron chi connectivity index (χ1n) is 11.6. The molecule has 0 saturated carbocycles. The lowest BCUT2D eigenvalue weighted by Crippen LogP contribution is -2.39. The Labute approximate surface area is 207 Å². The first kappa shape index (κ1) is 26.6. The molecule has 1 aromatic carbocycles. The SMILES string of the molecule is CCNC(=NCC1CCN(c2ccc(F)c(F)c2)C1)NCCCN1CCCCCC1=O.I. The molecule has 180 valence electrons. The number of halogens is 3. The molecule has 9 heteroatoms. The largest absolute Gasteiger partial charge is 0.371 e. The van der Waals surface area contributed by atoms with Gasteiger partial charge in [-0.15, -0.1) is 24.0 Å². The first-order chi connectivity index (χ1) is 15.1. The third kappa shape index (κ3) is 8.04. The smallest absolute Gasteiger partial charge is 0.222 e. The number of anilines is 1. The summed E-state index contributed by atoms with van der Waals surface area (Å²) in [4.78, 5) is 20.9. The van der Waals surface area contributed by atoms with Gasteiger partial charge in [0.05, 0.1) is 0 Å². The molecular formula is C23H36F2IN5O. The predicted molar refractivity (Wildman–Crippen MR) is 136 cm³/mol. The number of nitrogens with zero attached hydrogens (tertiary/aromatic N) is 3. The molecule has 2 fully saturated rings. The molecule has 0 aromatic heterocycles. The molecule has 2 heterocycles. The van der Waals surface area contributed by atoms with Crippen molar-refractivity contribution in [3.63, 3.8) is 0 Å². The average Bonchev–Trinajstić information content (AvgIpc) is 3.14. The van der Waals surface area contributed by atoms with Gasteiger partial charge in [-0.1, -0.05) is 6.42 Å². The lowest BCUT2D eigenvalue weighted by atomic mass is 10.1. The maximum atomic E-state index is 13.5. The quantitative estimate of drug-likeness (QED) is 0.219. The minimum absolute atomic E-state index is 0. The van der Waals surface area contributed by atoms with Crippen LogP contribution in [0.15, 0.2) is 23.2 Å². The number of guanidine groups is 1. The summed E-state index contributed by atoms with van der Waals surface area (Å²) in [6.07, 6.45) is 5.81. The Bertz CT molecular complexity index is 764. The van der Waals surface area contributed by atoms with E-state index < -0.39 is 11.6 Å². The summed E-state index contributed by atoms with van der Waals surface area (Å²) in [6, 6.07) is 4.08. The number of aliphatic imine (C=N–C) groups is 1. The zero-order valence-electron chi connectivity index (χ0n) is 18.9. The number of benzene rings is 1. The van der Waals surface area contributed by atoms with Crippen LogP contribution in [-0.4, -0.2) is 62.6 Å². The molecule has 1 aromatic rings. The van der Waals surface area contributed by atoms with Crippen LogP contribution in [0.25, 0.3) is 0 Å². The van der Waals surface area contributed by atoms with E-state index >= 15 is 0 Å². The van der Waals surface area contributed by atoms with Crippen LogP contribution in [0.4, 0.5) is 14.5 Å². The van der Waals surface area contributed by atoms with Gasteiger partial charge in [0.1, 0.15) is 0 Å². The van der Waals surface area contributed by atoms with E-state index in [0.29, 0.717) is 18.9 Å². The van der Waals surface area contributed by atoms with E-state index in [1.54, 1.807) is 6.07 Å². The Morgan fingerprint density at radius 3 is 2.78 bits per heavy atom. The summed E-state index contributed by atoms with van der Waals surface area (Å²) < 4.78 is 26.7. The van der Waals surface area contributed by atoms with Crippen molar-refractivity contribution in [3.8, 4) is 0 Å². The summed E-state index contributed by atoms with van der Waals surface area (Å²) in [5.41, 5.74) is 0.721. The monoisotopic (exact) mass is 563 g/mol. The topological polar surface area (TPSA) is 60.0 Å². The molecule has 2 N–H and O–H groups in total. The van der Waals surface area contributed by atoms with E-state index in [9.17, 15) is 13.6 Å². The molecule has 6 nitrogen and oxygen atoms in total. The Hall–Kier alpha value is -1.65. The fourth-order valence-electron chi connectivity index (χ4n) is 4.21. The third-order valence-electron chi connectivity index (χ3n) is 5.97. The zero-order valence-corrected chi connectivity index (χ0v) is 21.2. The summed E-state index contributed by atoms with van der Waals surface area (Å²) in [7, 11) is 0. The van der Waals surface area contributed by atoms with Gasteiger partial charge in [-0.05, 0) is 50.7 Å². The van der Waals surface area contributed by atoms with Crippen LogP contribution in [-0.2, 0) is 4.79 Å². The van der Waals surface area contributed by atoms with E-state index in [1.807, 2.05) is 11.8 Å². The molecule has 1 unspecified atom stereocenters. The van der Waals surface area contributed by atoms with E-state index in [0.717, 1.165) is 83.0 Å². The van der Waals surface area contributed by atoms with Gasteiger partial charge in [0, 0.05) is 64.0 Å². The summed E-state index contributed by atoms with van der Waals surface area (Å²) in [5.74, 6) is -0.177. The highest BCUT2D eigenvalue weighted by Gasteiger charge is 2.23. The molecule has 1 atom stereocenters. The summed E-state index contributed by atoms with van der Waals surface area (Å²) >= 11 is 0. The molecule has 0 aliphatic carbocycles. The maximum absolute atomic E-state index is 13.5. The van der Waals surface area contributed by atoms with Crippen LogP contribution in [0.2, 0.25) is 0 Å². The number of carbonyl (C=O) groups is 1. The molecule has 32 heavy (non-hydrogen) atoms. The van der Waals surface area contributed by atoms with Gasteiger partial charge in [-0.2, -0.15) is 0 Å². The van der Waals surface area contributed by atoms with Gasteiger partial charge < -0.3 is 20.4 Å². The minimum Gasteiger partial charge on any atom is -0.371 e. The highest BCUT2D eigenvalue weighted by Crippen LogP contribution is 2.25. The number of likely N-dealkylation sites (tertiary alicyclic amines) is 1. The fourth-order valence-corrected chi connectivity index (χ4v) is 4.21. The second-order valence-electron chi connectivity index (χ2n) is 8.39.